The normalized spacial score (nSPS) is 20.7. The molecule has 2 fully saturated rings. The molecule has 1 aromatic carbocycles. The Morgan fingerprint density at radius 2 is 1.86 bits per heavy atom. The van der Waals surface area contributed by atoms with E-state index in [9.17, 15) is 22.4 Å². The number of aryl methyl sites for hydroxylation is 2. The summed E-state index contributed by atoms with van der Waals surface area (Å²) in [4.78, 5) is 25.4. The molecule has 0 N–H and O–H groups in total. The highest BCUT2D eigenvalue weighted by atomic mass is 19.4. The van der Waals surface area contributed by atoms with E-state index in [1.54, 1.807) is 6.07 Å². The van der Waals surface area contributed by atoms with Gasteiger partial charge in [-0.25, -0.2) is 14.4 Å². The molecule has 6 rings (SSSR count). The van der Waals surface area contributed by atoms with Gasteiger partial charge in [0.15, 0.2) is 5.69 Å². The van der Waals surface area contributed by atoms with Crippen LogP contribution in [0.1, 0.15) is 53.8 Å². The zero-order chi connectivity index (χ0) is 30.3. The molecule has 1 saturated heterocycles. The summed E-state index contributed by atoms with van der Waals surface area (Å²) >= 11 is 0. The van der Waals surface area contributed by atoms with Crippen LogP contribution in [0.4, 0.5) is 23.5 Å². The van der Waals surface area contributed by atoms with Crippen molar-refractivity contribution in [3.63, 3.8) is 0 Å². The van der Waals surface area contributed by atoms with Gasteiger partial charge in [-0.05, 0) is 67.6 Å². The minimum absolute atomic E-state index is 0.0130. The van der Waals surface area contributed by atoms with E-state index >= 15 is 0 Å². The number of amides is 1. The first-order valence-corrected chi connectivity index (χ1v) is 14.9. The SMILES string of the molecule is Cc1cnc(N2CCC([C@H]3C[C@H]3CCOc3ccc(CC(=O)N4CCc5c(c(C(F)(F)F)nn5C)C4)c(F)c3)CC2)nc1. The Balaban J connectivity index is 0.947. The summed E-state index contributed by atoms with van der Waals surface area (Å²) in [7, 11) is 1.47. The molecule has 8 nitrogen and oxygen atoms in total. The summed E-state index contributed by atoms with van der Waals surface area (Å²) in [5.74, 6) is 2.26. The summed E-state index contributed by atoms with van der Waals surface area (Å²) < 4.78 is 62.2. The molecule has 0 spiro atoms. The fourth-order valence-electron chi connectivity index (χ4n) is 6.65. The lowest BCUT2D eigenvalue weighted by Crippen LogP contribution is -2.37. The largest absolute Gasteiger partial charge is 0.493 e. The third kappa shape index (κ3) is 6.47. The lowest BCUT2D eigenvalue weighted by molar-refractivity contribution is -0.143. The standard InChI is InChI=1S/C31H36F4N6O2/c1-19-16-36-30(37-17-19)40-9-5-20(6-10-40)24-13-21(24)8-12-43-23-4-3-22(26(32)15-23)14-28(42)41-11-7-27-25(18-41)29(31(33,34)35)38-39(27)2/h3-4,15-17,20-21,24H,5-14,18H2,1-2H3/t21-,24-/m1/s1. The maximum Gasteiger partial charge on any atom is 0.435 e. The minimum Gasteiger partial charge on any atom is -0.493 e. The molecule has 1 aliphatic carbocycles. The van der Waals surface area contributed by atoms with Gasteiger partial charge >= 0.3 is 6.18 Å². The number of carbonyl (C=O) groups is 1. The number of halogens is 4. The highest BCUT2D eigenvalue weighted by molar-refractivity contribution is 5.79. The number of rotatable bonds is 8. The maximum atomic E-state index is 14.9. The van der Waals surface area contributed by atoms with E-state index in [-0.39, 0.29) is 37.1 Å². The first-order chi connectivity index (χ1) is 20.6. The van der Waals surface area contributed by atoms with Crippen LogP contribution in [0.15, 0.2) is 30.6 Å². The number of anilines is 1. The van der Waals surface area contributed by atoms with Crippen LogP contribution in [0.2, 0.25) is 0 Å². The van der Waals surface area contributed by atoms with Crippen LogP contribution in [0, 0.1) is 30.5 Å². The minimum atomic E-state index is -4.60. The van der Waals surface area contributed by atoms with E-state index in [4.69, 9.17) is 4.74 Å². The molecule has 230 valence electrons. The monoisotopic (exact) mass is 600 g/mol. The zero-order valence-corrected chi connectivity index (χ0v) is 24.4. The van der Waals surface area contributed by atoms with Crippen molar-refractivity contribution < 1.29 is 27.1 Å². The number of nitrogens with zero attached hydrogens (tertiary/aromatic N) is 6. The van der Waals surface area contributed by atoms with E-state index < -0.39 is 23.6 Å². The molecule has 0 radical (unpaired) electrons. The molecule has 1 saturated carbocycles. The Bertz CT molecular complexity index is 1470. The van der Waals surface area contributed by atoms with E-state index in [1.807, 2.05) is 19.3 Å². The van der Waals surface area contributed by atoms with Crippen LogP contribution >= 0.6 is 0 Å². The summed E-state index contributed by atoms with van der Waals surface area (Å²) in [6, 6.07) is 4.46. The maximum absolute atomic E-state index is 14.9. The molecule has 3 aliphatic rings. The first-order valence-electron chi connectivity index (χ1n) is 14.9. The summed E-state index contributed by atoms with van der Waals surface area (Å²) in [6.07, 6.45) is 3.52. The fraction of sp³-hybridized carbons (Fsp3) is 0.548. The average Bonchev–Trinajstić information content (AvgIpc) is 3.68. The molecule has 0 unspecified atom stereocenters. The van der Waals surface area contributed by atoms with E-state index in [1.165, 1.54) is 35.2 Å². The number of piperidine rings is 1. The van der Waals surface area contributed by atoms with E-state index in [2.05, 4.69) is 20.0 Å². The van der Waals surface area contributed by atoms with Gasteiger partial charge in [0.2, 0.25) is 11.9 Å². The fourth-order valence-corrected chi connectivity index (χ4v) is 6.65. The number of hydrogen-bond acceptors (Lipinski definition) is 6. The molecular formula is C31H36F4N6O2. The van der Waals surface area contributed by atoms with Gasteiger partial charge in [0.25, 0.3) is 0 Å². The van der Waals surface area contributed by atoms with Gasteiger partial charge in [0.05, 0.1) is 13.0 Å². The lowest BCUT2D eigenvalue weighted by atomic mass is 9.90. The Hall–Kier alpha value is -3.70. The average molecular weight is 601 g/mol. The number of alkyl halides is 3. The van der Waals surface area contributed by atoms with Crippen molar-refractivity contribution in [2.45, 2.75) is 58.2 Å². The van der Waals surface area contributed by atoms with Gasteiger partial charge in [-0.1, -0.05) is 6.07 Å². The number of aromatic nitrogens is 4. The van der Waals surface area contributed by atoms with Crippen molar-refractivity contribution in [1.29, 1.82) is 0 Å². The van der Waals surface area contributed by atoms with Gasteiger partial charge < -0.3 is 14.5 Å². The number of ether oxygens (including phenoxy) is 1. The van der Waals surface area contributed by atoms with Crippen LogP contribution in [0.25, 0.3) is 0 Å². The molecule has 2 aromatic heterocycles. The Labute approximate surface area is 248 Å². The highest BCUT2D eigenvalue weighted by Gasteiger charge is 2.43. The predicted molar refractivity (Wildman–Crippen MR) is 151 cm³/mol. The molecule has 4 heterocycles. The third-order valence-electron chi connectivity index (χ3n) is 9.16. The molecule has 3 aromatic rings. The zero-order valence-electron chi connectivity index (χ0n) is 24.4. The van der Waals surface area contributed by atoms with Crippen LogP contribution in [-0.4, -0.2) is 56.8 Å². The predicted octanol–water partition coefficient (Wildman–Crippen LogP) is 5.13. The van der Waals surface area contributed by atoms with E-state index in [0.29, 0.717) is 35.8 Å². The summed E-state index contributed by atoms with van der Waals surface area (Å²) in [6.45, 7) is 4.49. The smallest absolute Gasteiger partial charge is 0.435 e. The van der Waals surface area contributed by atoms with Crippen molar-refractivity contribution in [1.82, 2.24) is 24.6 Å². The molecule has 1 amide bonds. The van der Waals surface area contributed by atoms with Crippen molar-refractivity contribution in [3.05, 3.63) is 64.5 Å². The van der Waals surface area contributed by atoms with Crippen molar-refractivity contribution >= 4 is 11.9 Å². The molecule has 0 bridgehead atoms. The van der Waals surface area contributed by atoms with Crippen LogP contribution < -0.4 is 9.64 Å². The van der Waals surface area contributed by atoms with Crippen LogP contribution in [0.3, 0.4) is 0 Å². The third-order valence-corrected chi connectivity index (χ3v) is 9.16. The van der Waals surface area contributed by atoms with Gasteiger partial charge in [-0.2, -0.15) is 18.3 Å². The van der Waals surface area contributed by atoms with Crippen molar-refractivity contribution in [3.8, 4) is 5.75 Å². The van der Waals surface area contributed by atoms with E-state index in [0.717, 1.165) is 43.9 Å². The lowest BCUT2D eigenvalue weighted by Gasteiger charge is -2.32. The number of fused-ring (bicyclic) bond motifs is 1. The topological polar surface area (TPSA) is 76.4 Å². The van der Waals surface area contributed by atoms with Gasteiger partial charge in [0, 0.05) is 69.4 Å². The molecular weight excluding hydrogens is 564 g/mol. The Kier molecular flexibility index (Phi) is 8.04. The quantitative estimate of drug-likeness (QED) is 0.334. The Morgan fingerprint density at radius 1 is 1.12 bits per heavy atom. The van der Waals surface area contributed by atoms with Gasteiger partial charge in [0.1, 0.15) is 11.6 Å². The number of benzene rings is 1. The van der Waals surface area contributed by atoms with Crippen LogP contribution in [-0.2, 0) is 37.4 Å². The molecule has 2 atom stereocenters. The van der Waals surface area contributed by atoms with Gasteiger partial charge in [-0.3, -0.25) is 9.48 Å². The highest BCUT2D eigenvalue weighted by Crippen LogP contribution is 2.50. The van der Waals surface area contributed by atoms with Crippen molar-refractivity contribution in [2.75, 3.05) is 31.1 Å². The second-order valence-corrected chi connectivity index (χ2v) is 12.1. The molecule has 2 aliphatic heterocycles. The first kappa shape index (κ1) is 29.4. The molecule has 43 heavy (non-hydrogen) atoms. The summed E-state index contributed by atoms with van der Waals surface area (Å²) in [5, 5.41) is 3.62. The Morgan fingerprint density at radius 3 is 2.56 bits per heavy atom. The number of carbonyl (C=O) groups excluding carboxylic acids is 1. The van der Waals surface area contributed by atoms with Crippen LogP contribution in [0.5, 0.6) is 5.75 Å². The second kappa shape index (κ2) is 11.8. The second-order valence-electron chi connectivity index (χ2n) is 12.1. The van der Waals surface area contributed by atoms with Crippen molar-refractivity contribution in [2.24, 2.45) is 24.8 Å². The molecule has 12 heteroatoms. The summed E-state index contributed by atoms with van der Waals surface area (Å²) in [5.41, 5.74) is 0.766. The van der Waals surface area contributed by atoms with Gasteiger partial charge in [-0.15, -0.1) is 0 Å². The number of hydrogen-bond donors (Lipinski definition) is 0.